The molecule has 0 aliphatic heterocycles. The van der Waals surface area contributed by atoms with Crippen molar-refractivity contribution in [2.75, 3.05) is 7.05 Å². The van der Waals surface area contributed by atoms with E-state index in [1.54, 1.807) is 6.26 Å². The number of amidine groups is 1. The van der Waals surface area contributed by atoms with Crippen LogP contribution in [0.15, 0.2) is 45.2 Å². The fraction of sp³-hybridized carbons (Fsp3) is 0.467. The lowest BCUT2D eigenvalue weighted by Crippen LogP contribution is -2.35. The van der Waals surface area contributed by atoms with E-state index >= 15 is 0 Å². The minimum absolute atomic E-state index is 0.0778. The Labute approximate surface area is 126 Å². The zero-order valence-corrected chi connectivity index (χ0v) is 13.0. The summed E-state index contributed by atoms with van der Waals surface area (Å²) in [6.07, 6.45) is 9.07. The summed E-state index contributed by atoms with van der Waals surface area (Å²) in [5.41, 5.74) is 10.7. The van der Waals surface area contributed by atoms with Gasteiger partial charge >= 0.3 is 0 Å². The first-order valence-electron chi connectivity index (χ1n) is 7.14. The predicted octanol–water partition coefficient (Wildman–Crippen LogP) is 2.28. The van der Waals surface area contributed by atoms with Crippen LogP contribution in [0.25, 0.3) is 0 Å². The van der Waals surface area contributed by atoms with Gasteiger partial charge in [-0.1, -0.05) is 19.1 Å². The molecule has 0 aliphatic carbocycles. The minimum atomic E-state index is -0.0778. The Morgan fingerprint density at radius 1 is 1.38 bits per heavy atom. The molecular weight excluding hydrogens is 266 g/mol. The summed E-state index contributed by atoms with van der Waals surface area (Å²) in [6, 6.07) is 3.92. The molecule has 0 aromatic carbocycles. The molecule has 1 heterocycles. The van der Waals surface area contributed by atoms with E-state index in [1.807, 2.05) is 24.1 Å². The highest BCUT2D eigenvalue weighted by Crippen LogP contribution is 2.12. The Balaban J connectivity index is 2.81. The lowest BCUT2D eigenvalue weighted by molar-refractivity contribution is 0.363. The van der Waals surface area contributed by atoms with Crippen molar-refractivity contribution in [2.45, 2.75) is 39.2 Å². The number of nitrogens with zero attached hydrogens (tertiary/aromatic N) is 3. The van der Waals surface area contributed by atoms with Gasteiger partial charge in [0, 0.05) is 13.1 Å². The number of guanidine groups is 1. The van der Waals surface area contributed by atoms with Gasteiger partial charge in [0.2, 0.25) is 5.96 Å². The average molecular weight is 291 g/mol. The highest BCUT2D eigenvalue weighted by Gasteiger charge is 2.17. The Bertz CT molecular complexity index is 486. The number of furan rings is 1. The van der Waals surface area contributed by atoms with Crippen LogP contribution < -0.4 is 11.5 Å². The van der Waals surface area contributed by atoms with Crippen LogP contribution in [0.5, 0.6) is 0 Å². The molecule has 0 fully saturated rings. The topological polar surface area (TPSA) is 93.1 Å². The molecule has 1 aromatic rings. The molecule has 0 aliphatic rings. The van der Waals surface area contributed by atoms with Gasteiger partial charge in [-0.2, -0.15) is 0 Å². The summed E-state index contributed by atoms with van der Waals surface area (Å²) < 4.78 is 5.40. The van der Waals surface area contributed by atoms with Crippen LogP contribution in [0.1, 0.15) is 38.9 Å². The molecular formula is C15H25N5O. The highest BCUT2D eigenvalue weighted by atomic mass is 16.3. The predicted molar refractivity (Wildman–Crippen MR) is 86.9 cm³/mol. The van der Waals surface area contributed by atoms with Crippen molar-refractivity contribution >= 4 is 11.8 Å². The number of allylic oxidation sites excluding steroid dienone is 2. The molecule has 1 rings (SSSR count). The zero-order chi connectivity index (χ0) is 15.7. The lowest BCUT2D eigenvalue weighted by atomic mass is 10.1. The third-order valence-electron chi connectivity index (χ3n) is 3.15. The van der Waals surface area contributed by atoms with Gasteiger partial charge in [0.1, 0.15) is 0 Å². The van der Waals surface area contributed by atoms with Crippen LogP contribution in [0.2, 0.25) is 0 Å². The molecule has 0 saturated heterocycles. The number of hydrogen-bond donors (Lipinski definition) is 2. The van der Waals surface area contributed by atoms with Crippen molar-refractivity contribution in [3.8, 4) is 0 Å². The Morgan fingerprint density at radius 2 is 2.14 bits per heavy atom. The summed E-state index contributed by atoms with van der Waals surface area (Å²) in [6.45, 7) is 4.26. The van der Waals surface area contributed by atoms with E-state index in [9.17, 15) is 0 Å². The molecule has 1 aromatic heterocycles. The maximum absolute atomic E-state index is 5.40. The summed E-state index contributed by atoms with van der Waals surface area (Å²) in [5, 5.41) is 7.84. The van der Waals surface area contributed by atoms with Crippen LogP contribution in [-0.4, -0.2) is 29.8 Å². The Hall–Kier alpha value is -2.24. The second-order valence-corrected chi connectivity index (χ2v) is 4.84. The normalized spacial score (nSPS) is 13.4. The number of rotatable bonds is 7. The van der Waals surface area contributed by atoms with Gasteiger partial charge in [0.05, 0.1) is 6.26 Å². The molecule has 21 heavy (non-hydrogen) atoms. The average Bonchev–Trinajstić information content (AvgIpc) is 2.97. The molecule has 0 amide bonds. The van der Waals surface area contributed by atoms with Gasteiger partial charge in [-0.3, -0.25) is 0 Å². The van der Waals surface area contributed by atoms with E-state index in [0.717, 1.165) is 19.3 Å². The molecule has 0 radical (unpaired) electrons. The highest BCUT2D eigenvalue weighted by molar-refractivity contribution is 5.96. The van der Waals surface area contributed by atoms with Crippen molar-refractivity contribution in [3.63, 3.8) is 0 Å². The molecule has 0 spiro atoms. The summed E-state index contributed by atoms with van der Waals surface area (Å²) in [5.74, 6) is 1.17. The maximum atomic E-state index is 5.40. The molecule has 6 heteroatoms. The first kappa shape index (κ1) is 16.8. The lowest BCUT2D eigenvalue weighted by Gasteiger charge is -2.26. The van der Waals surface area contributed by atoms with Crippen molar-refractivity contribution in [2.24, 2.45) is 21.7 Å². The van der Waals surface area contributed by atoms with Crippen LogP contribution in [0.4, 0.5) is 0 Å². The third-order valence-corrected chi connectivity index (χ3v) is 3.15. The number of nitrogens with two attached hydrogens (primary N) is 2. The van der Waals surface area contributed by atoms with Crippen LogP contribution in [-0.2, 0) is 0 Å². The third kappa shape index (κ3) is 5.72. The molecule has 4 N–H and O–H groups in total. The van der Waals surface area contributed by atoms with E-state index in [4.69, 9.17) is 15.9 Å². The molecule has 6 nitrogen and oxygen atoms in total. The monoisotopic (exact) mass is 291 g/mol. The van der Waals surface area contributed by atoms with Crippen molar-refractivity contribution in [1.29, 1.82) is 0 Å². The fourth-order valence-corrected chi connectivity index (χ4v) is 1.83. The quantitative estimate of drug-likeness (QED) is 0.349. The minimum Gasteiger partial charge on any atom is -0.461 e. The van der Waals surface area contributed by atoms with Gasteiger partial charge < -0.3 is 20.8 Å². The smallest absolute Gasteiger partial charge is 0.211 e. The SMILES string of the molecule is CC/C=C\CCC(C)N(C)/C(=N\N=C(N)N)c1ccco1. The van der Waals surface area contributed by atoms with E-state index in [2.05, 4.69) is 36.2 Å². The maximum Gasteiger partial charge on any atom is 0.211 e. The molecule has 0 bridgehead atoms. The number of hydrogen-bond acceptors (Lipinski definition) is 3. The largest absolute Gasteiger partial charge is 0.461 e. The van der Waals surface area contributed by atoms with Gasteiger partial charge in [-0.15, -0.1) is 10.2 Å². The fourth-order valence-electron chi connectivity index (χ4n) is 1.83. The second kappa shape index (κ2) is 8.84. The summed E-state index contributed by atoms with van der Waals surface area (Å²) in [7, 11) is 1.96. The van der Waals surface area contributed by atoms with Gasteiger partial charge in [-0.25, -0.2) is 0 Å². The van der Waals surface area contributed by atoms with Gasteiger partial charge in [0.15, 0.2) is 11.6 Å². The zero-order valence-electron chi connectivity index (χ0n) is 13.0. The Morgan fingerprint density at radius 3 is 2.71 bits per heavy atom. The van der Waals surface area contributed by atoms with Crippen LogP contribution in [0, 0.1) is 0 Å². The van der Waals surface area contributed by atoms with Crippen molar-refractivity contribution in [3.05, 3.63) is 36.3 Å². The van der Waals surface area contributed by atoms with E-state index in [1.165, 1.54) is 0 Å². The van der Waals surface area contributed by atoms with Crippen molar-refractivity contribution in [1.82, 2.24) is 4.90 Å². The first-order valence-corrected chi connectivity index (χ1v) is 7.14. The molecule has 116 valence electrons. The van der Waals surface area contributed by atoms with Gasteiger partial charge in [-0.05, 0) is 38.3 Å². The van der Waals surface area contributed by atoms with Gasteiger partial charge in [0.25, 0.3) is 0 Å². The summed E-state index contributed by atoms with van der Waals surface area (Å²) >= 11 is 0. The Kier molecular flexibility index (Phi) is 7.08. The van der Waals surface area contributed by atoms with Crippen LogP contribution >= 0.6 is 0 Å². The van der Waals surface area contributed by atoms with Crippen LogP contribution in [0.3, 0.4) is 0 Å². The molecule has 0 saturated carbocycles. The van der Waals surface area contributed by atoms with E-state index < -0.39 is 0 Å². The first-order chi connectivity index (χ1) is 10.1. The molecule has 1 unspecified atom stereocenters. The molecule has 1 atom stereocenters. The van der Waals surface area contributed by atoms with Crippen molar-refractivity contribution < 1.29 is 4.42 Å². The second-order valence-electron chi connectivity index (χ2n) is 4.84. The summed E-state index contributed by atoms with van der Waals surface area (Å²) in [4.78, 5) is 2.02. The van der Waals surface area contributed by atoms with E-state index in [0.29, 0.717) is 11.6 Å². The standard InChI is InChI=1S/C15H25N5O/c1-4-5-6-7-9-12(2)20(3)14(18-19-15(16)17)13-10-8-11-21-13/h5-6,8,10-12H,4,7,9H2,1-3H3,(H4,16,17,19)/b6-5-,18-14-. The van der Waals surface area contributed by atoms with E-state index in [-0.39, 0.29) is 12.0 Å².